The molecule has 0 radical (unpaired) electrons. The summed E-state index contributed by atoms with van der Waals surface area (Å²) in [5, 5.41) is 7.16. The van der Waals surface area contributed by atoms with Gasteiger partial charge in [0.15, 0.2) is 0 Å². The van der Waals surface area contributed by atoms with E-state index in [-0.39, 0.29) is 15.8 Å². The molecule has 4 aliphatic rings. The first-order valence-corrected chi connectivity index (χ1v) is 18.9. The molecular formula is C34H50P2. The molecule has 4 saturated carbocycles. The van der Waals surface area contributed by atoms with E-state index >= 15 is 0 Å². The molecule has 196 valence electrons. The topological polar surface area (TPSA) is 0 Å². The SMILES string of the molecule is c1ccc2c(P(C3CCCCC3)C3CCCCC3)c(P(C3CCCCC3)C3CCCCC3)ccc2c1. The first-order chi connectivity index (χ1) is 17.9. The minimum Gasteiger partial charge on any atom is -0.0682 e. The van der Waals surface area contributed by atoms with Gasteiger partial charge >= 0.3 is 0 Å². The maximum Gasteiger partial charge on any atom is -0.00801 e. The van der Waals surface area contributed by atoms with Gasteiger partial charge in [0.05, 0.1) is 0 Å². The molecule has 4 fully saturated rings. The van der Waals surface area contributed by atoms with E-state index in [1.165, 1.54) is 134 Å². The first kappa shape index (κ1) is 25.8. The van der Waals surface area contributed by atoms with Crippen LogP contribution in [0.1, 0.15) is 128 Å². The molecular weight excluding hydrogens is 470 g/mol. The summed E-state index contributed by atoms with van der Waals surface area (Å²) in [5.41, 5.74) is 4.00. The molecule has 0 aromatic heterocycles. The van der Waals surface area contributed by atoms with Crippen molar-refractivity contribution in [2.45, 2.75) is 151 Å². The summed E-state index contributed by atoms with van der Waals surface area (Å²) in [5.74, 6) is 0. The fraction of sp³-hybridized carbons (Fsp3) is 0.706. The van der Waals surface area contributed by atoms with E-state index in [1.807, 2.05) is 10.6 Å². The van der Waals surface area contributed by atoms with Crippen LogP contribution in [0, 0.1) is 0 Å². The number of hydrogen-bond donors (Lipinski definition) is 0. The summed E-state index contributed by atoms with van der Waals surface area (Å²) in [4.78, 5) is 0. The molecule has 2 heteroatoms. The van der Waals surface area contributed by atoms with Crippen molar-refractivity contribution in [1.29, 1.82) is 0 Å². The zero-order valence-electron chi connectivity index (χ0n) is 22.8. The van der Waals surface area contributed by atoms with Gasteiger partial charge in [-0.1, -0.05) is 129 Å². The number of benzene rings is 2. The smallest absolute Gasteiger partial charge is 0.00801 e. The highest BCUT2D eigenvalue weighted by atomic mass is 31.1. The third-order valence-electron chi connectivity index (χ3n) is 10.3. The van der Waals surface area contributed by atoms with Gasteiger partial charge in [0.25, 0.3) is 0 Å². The van der Waals surface area contributed by atoms with E-state index in [2.05, 4.69) is 36.4 Å². The summed E-state index contributed by atoms with van der Waals surface area (Å²) in [7, 11) is -0.115. The third kappa shape index (κ3) is 5.62. The molecule has 0 aliphatic heterocycles. The van der Waals surface area contributed by atoms with Gasteiger partial charge in [-0.3, -0.25) is 0 Å². The molecule has 0 bridgehead atoms. The van der Waals surface area contributed by atoms with Gasteiger partial charge in [-0.25, -0.2) is 0 Å². The second kappa shape index (κ2) is 12.6. The van der Waals surface area contributed by atoms with Crippen LogP contribution in [0.4, 0.5) is 0 Å². The number of fused-ring (bicyclic) bond motifs is 1. The van der Waals surface area contributed by atoms with E-state index in [1.54, 1.807) is 5.39 Å². The Bertz CT molecular complexity index is 922. The quantitative estimate of drug-likeness (QED) is 0.332. The molecule has 0 atom stereocenters. The lowest BCUT2D eigenvalue weighted by molar-refractivity contribution is 0.486. The summed E-state index contributed by atoms with van der Waals surface area (Å²) < 4.78 is 0. The van der Waals surface area contributed by atoms with Crippen LogP contribution in [0.5, 0.6) is 0 Å². The van der Waals surface area contributed by atoms with E-state index in [0.717, 1.165) is 22.6 Å². The fourth-order valence-electron chi connectivity index (χ4n) is 8.51. The predicted octanol–water partition coefficient (Wildman–Crippen LogP) is 10.4. The molecule has 0 amide bonds. The fourth-order valence-corrected chi connectivity index (χ4v) is 17.0. The Morgan fingerprint density at radius 1 is 0.417 bits per heavy atom. The molecule has 0 nitrogen and oxygen atoms in total. The van der Waals surface area contributed by atoms with Gasteiger partial charge in [0.1, 0.15) is 0 Å². The van der Waals surface area contributed by atoms with Gasteiger partial charge in [-0.2, -0.15) is 0 Å². The van der Waals surface area contributed by atoms with Crippen LogP contribution in [-0.4, -0.2) is 22.6 Å². The van der Waals surface area contributed by atoms with Crippen molar-refractivity contribution in [3.63, 3.8) is 0 Å². The first-order valence-electron chi connectivity index (χ1n) is 16.0. The molecule has 2 aromatic rings. The Morgan fingerprint density at radius 3 is 1.31 bits per heavy atom. The van der Waals surface area contributed by atoms with Gasteiger partial charge in [-0.15, -0.1) is 0 Å². The van der Waals surface area contributed by atoms with Crippen molar-refractivity contribution in [2.24, 2.45) is 0 Å². The molecule has 0 heterocycles. The molecule has 6 rings (SSSR count). The van der Waals surface area contributed by atoms with Crippen molar-refractivity contribution in [3.8, 4) is 0 Å². The highest BCUT2D eigenvalue weighted by molar-refractivity contribution is 7.73. The van der Waals surface area contributed by atoms with Gasteiger partial charge in [0, 0.05) is 0 Å². The Labute approximate surface area is 224 Å². The minimum absolute atomic E-state index is 0.0444. The molecule has 2 aromatic carbocycles. The Morgan fingerprint density at radius 2 is 0.833 bits per heavy atom. The highest BCUT2D eigenvalue weighted by Gasteiger charge is 2.39. The van der Waals surface area contributed by atoms with Gasteiger partial charge in [0.2, 0.25) is 0 Å². The van der Waals surface area contributed by atoms with Crippen LogP contribution in [0.15, 0.2) is 36.4 Å². The lowest BCUT2D eigenvalue weighted by Gasteiger charge is -2.44. The zero-order valence-corrected chi connectivity index (χ0v) is 24.6. The third-order valence-corrected chi connectivity index (χ3v) is 17.6. The van der Waals surface area contributed by atoms with Crippen molar-refractivity contribution < 1.29 is 0 Å². The van der Waals surface area contributed by atoms with Crippen LogP contribution < -0.4 is 10.6 Å². The van der Waals surface area contributed by atoms with E-state index in [0.29, 0.717) is 0 Å². The predicted molar refractivity (Wildman–Crippen MR) is 165 cm³/mol. The van der Waals surface area contributed by atoms with Crippen molar-refractivity contribution in [1.82, 2.24) is 0 Å². The molecule has 0 N–H and O–H groups in total. The van der Waals surface area contributed by atoms with Gasteiger partial charge in [-0.05, 0) is 95.4 Å². The van der Waals surface area contributed by atoms with E-state index in [9.17, 15) is 0 Å². The molecule has 4 aliphatic carbocycles. The zero-order chi connectivity index (χ0) is 24.2. The molecule has 0 saturated heterocycles. The van der Waals surface area contributed by atoms with Crippen LogP contribution in [0.3, 0.4) is 0 Å². The standard InChI is InChI=1S/C34H50P2/c1-5-16-28(17-6-1)35(29-18-7-2-8-19-29)33-26-25-27-15-13-14-24-32(27)34(33)36(30-20-9-3-10-21-30)31-22-11-4-12-23-31/h13-15,24-26,28-31H,1-12,16-23H2. The number of rotatable bonds is 6. The number of hydrogen-bond acceptors (Lipinski definition) is 0. The summed E-state index contributed by atoms with van der Waals surface area (Å²) >= 11 is 0. The molecule has 0 unspecified atom stereocenters. The largest absolute Gasteiger partial charge is 0.0682 e. The van der Waals surface area contributed by atoms with Crippen molar-refractivity contribution in [3.05, 3.63) is 36.4 Å². The summed E-state index contributed by atoms with van der Waals surface area (Å²) in [6, 6.07) is 15.0. The van der Waals surface area contributed by atoms with Crippen LogP contribution >= 0.6 is 15.8 Å². The summed E-state index contributed by atoms with van der Waals surface area (Å²) in [6.45, 7) is 0. The Balaban J connectivity index is 1.51. The average Bonchev–Trinajstić information content (AvgIpc) is 2.96. The second-order valence-electron chi connectivity index (χ2n) is 12.6. The summed E-state index contributed by atoms with van der Waals surface area (Å²) in [6.07, 6.45) is 30.1. The van der Waals surface area contributed by atoms with Crippen molar-refractivity contribution in [2.75, 3.05) is 0 Å². The Kier molecular flexibility index (Phi) is 9.04. The average molecular weight is 521 g/mol. The van der Waals surface area contributed by atoms with Crippen LogP contribution in [0.2, 0.25) is 0 Å². The normalized spacial score (nSPS) is 24.2. The molecule has 0 spiro atoms. The maximum absolute atomic E-state index is 2.74. The Hall–Kier alpha value is -0.440. The lowest BCUT2D eigenvalue weighted by Crippen LogP contribution is -2.37. The van der Waals surface area contributed by atoms with Gasteiger partial charge < -0.3 is 0 Å². The van der Waals surface area contributed by atoms with Crippen LogP contribution in [0.25, 0.3) is 10.8 Å². The van der Waals surface area contributed by atoms with Crippen molar-refractivity contribution >= 4 is 37.2 Å². The van der Waals surface area contributed by atoms with E-state index in [4.69, 9.17) is 0 Å². The molecule has 36 heavy (non-hydrogen) atoms. The maximum atomic E-state index is 2.74. The van der Waals surface area contributed by atoms with E-state index < -0.39 is 0 Å². The minimum atomic E-state index is -0.0710. The second-order valence-corrected chi connectivity index (χ2v) is 18.1. The highest BCUT2D eigenvalue weighted by Crippen LogP contribution is 2.60. The monoisotopic (exact) mass is 520 g/mol. The lowest BCUT2D eigenvalue weighted by atomic mass is 9.99. The van der Waals surface area contributed by atoms with Crippen LogP contribution in [-0.2, 0) is 0 Å².